The lowest BCUT2D eigenvalue weighted by Crippen LogP contribution is -2.44. The third-order valence-electron chi connectivity index (χ3n) is 4.65. The zero-order valence-corrected chi connectivity index (χ0v) is 16.0. The lowest BCUT2D eigenvalue weighted by Gasteiger charge is -2.34. The van der Waals surface area contributed by atoms with Gasteiger partial charge < -0.3 is 10.2 Å². The van der Waals surface area contributed by atoms with Crippen LogP contribution in [0.5, 0.6) is 0 Å². The Morgan fingerprint density at radius 2 is 2.08 bits per heavy atom. The molecular formula is C19H18BrN3OS. The number of hydrogen-bond acceptors (Lipinski definition) is 4. The Balaban J connectivity index is 1.46. The van der Waals surface area contributed by atoms with Crippen molar-refractivity contribution < 1.29 is 4.79 Å². The van der Waals surface area contributed by atoms with Gasteiger partial charge in [-0.25, -0.2) is 0 Å². The summed E-state index contributed by atoms with van der Waals surface area (Å²) >= 11 is 5.13. The van der Waals surface area contributed by atoms with Gasteiger partial charge in [0.25, 0.3) is 5.91 Å². The van der Waals surface area contributed by atoms with E-state index in [9.17, 15) is 4.79 Å². The fraction of sp³-hybridized carbons (Fsp3) is 0.263. The van der Waals surface area contributed by atoms with Crippen LogP contribution in [0.25, 0.3) is 10.9 Å². The van der Waals surface area contributed by atoms with Gasteiger partial charge in [-0.1, -0.05) is 12.1 Å². The first-order valence-electron chi connectivity index (χ1n) is 8.33. The van der Waals surface area contributed by atoms with Crippen molar-refractivity contribution in [2.45, 2.75) is 18.9 Å². The van der Waals surface area contributed by atoms with Crippen LogP contribution in [0.3, 0.4) is 0 Å². The number of piperidine rings is 1. The average Bonchev–Trinajstić information content (AvgIpc) is 3.17. The van der Waals surface area contributed by atoms with Gasteiger partial charge in [0.05, 0.1) is 5.52 Å². The van der Waals surface area contributed by atoms with E-state index in [0.29, 0.717) is 0 Å². The van der Waals surface area contributed by atoms with E-state index >= 15 is 0 Å². The number of hydrogen-bond donors (Lipinski definition) is 1. The molecule has 128 valence electrons. The molecule has 4 nitrogen and oxygen atoms in total. The number of aromatic nitrogens is 1. The molecule has 3 aromatic rings. The molecule has 0 aliphatic carbocycles. The zero-order chi connectivity index (χ0) is 17.2. The van der Waals surface area contributed by atoms with Crippen molar-refractivity contribution in [1.29, 1.82) is 0 Å². The summed E-state index contributed by atoms with van der Waals surface area (Å²) in [5.74, 6) is 0.0398. The van der Waals surface area contributed by atoms with Crippen molar-refractivity contribution in [3.8, 4) is 0 Å². The molecule has 1 aliphatic rings. The predicted molar refractivity (Wildman–Crippen MR) is 106 cm³/mol. The molecule has 2 aromatic heterocycles. The van der Waals surface area contributed by atoms with Gasteiger partial charge in [-0.2, -0.15) is 11.3 Å². The summed E-state index contributed by atoms with van der Waals surface area (Å²) < 4.78 is 1.02. The van der Waals surface area contributed by atoms with E-state index in [2.05, 4.69) is 43.3 Å². The van der Waals surface area contributed by atoms with E-state index in [-0.39, 0.29) is 11.9 Å². The smallest absolute Gasteiger partial charge is 0.252 e. The van der Waals surface area contributed by atoms with Crippen LogP contribution in [0.4, 0.5) is 5.69 Å². The predicted octanol–water partition coefficient (Wildman–Crippen LogP) is 4.46. The van der Waals surface area contributed by atoms with Gasteiger partial charge >= 0.3 is 0 Å². The van der Waals surface area contributed by atoms with Gasteiger partial charge in [-0.3, -0.25) is 9.78 Å². The lowest BCUT2D eigenvalue weighted by molar-refractivity contribution is 0.0931. The number of nitrogens with zero attached hydrogens (tertiary/aromatic N) is 2. The van der Waals surface area contributed by atoms with Gasteiger partial charge in [-0.15, -0.1) is 0 Å². The number of halogens is 1. The number of para-hydroxylation sites is 1. The Bertz CT molecular complexity index is 889. The second kappa shape index (κ2) is 7.14. The molecule has 6 heteroatoms. The number of carbonyl (C=O) groups excluding carboxylic acids is 1. The summed E-state index contributed by atoms with van der Waals surface area (Å²) in [6, 6.07) is 10.4. The standard InChI is InChI=1S/C19H18BrN3OS/c20-16-3-1-2-15-17(4-8-21-18(15)16)23-9-5-14(6-10-23)22-19(24)13-7-11-25-12-13/h1-4,7-8,11-12,14H,5-6,9-10H2,(H,22,24). The van der Waals surface area contributed by atoms with E-state index in [1.165, 1.54) is 5.69 Å². The van der Waals surface area contributed by atoms with Crippen LogP contribution in [-0.2, 0) is 0 Å². The molecule has 0 bridgehead atoms. The number of rotatable bonds is 3. The summed E-state index contributed by atoms with van der Waals surface area (Å²) in [7, 11) is 0. The quantitative estimate of drug-likeness (QED) is 0.686. The monoisotopic (exact) mass is 415 g/mol. The van der Waals surface area contributed by atoms with E-state index < -0.39 is 0 Å². The molecule has 3 heterocycles. The summed E-state index contributed by atoms with van der Waals surface area (Å²) in [5.41, 5.74) is 2.97. The van der Waals surface area contributed by atoms with Gasteiger partial charge in [-0.05, 0) is 52.4 Å². The molecule has 0 spiro atoms. The summed E-state index contributed by atoms with van der Waals surface area (Å²) in [4.78, 5) is 19.1. The number of pyridine rings is 1. The van der Waals surface area contributed by atoms with E-state index in [0.717, 1.165) is 46.9 Å². The number of nitrogens with one attached hydrogen (secondary N) is 1. The molecular weight excluding hydrogens is 398 g/mol. The molecule has 0 saturated carbocycles. The minimum Gasteiger partial charge on any atom is -0.371 e. The van der Waals surface area contributed by atoms with Gasteiger partial charge in [0.1, 0.15) is 0 Å². The van der Waals surface area contributed by atoms with Crippen molar-refractivity contribution in [3.05, 3.63) is 57.3 Å². The van der Waals surface area contributed by atoms with Crippen LogP contribution in [0.1, 0.15) is 23.2 Å². The highest BCUT2D eigenvalue weighted by Gasteiger charge is 2.22. The topological polar surface area (TPSA) is 45.2 Å². The van der Waals surface area contributed by atoms with Crippen LogP contribution in [0.15, 0.2) is 51.8 Å². The van der Waals surface area contributed by atoms with Crippen LogP contribution in [-0.4, -0.2) is 30.0 Å². The summed E-state index contributed by atoms with van der Waals surface area (Å²) in [6.45, 7) is 1.86. The minimum absolute atomic E-state index is 0.0398. The highest BCUT2D eigenvalue weighted by Crippen LogP contribution is 2.31. The normalized spacial score (nSPS) is 15.5. The first kappa shape index (κ1) is 16.5. The number of carbonyl (C=O) groups is 1. The first-order valence-corrected chi connectivity index (χ1v) is 10.1. The molecule has 0 radical (unpaired) electrons. The molecule has 0 atom stereocenters. The van der Waals surface area contributed by atoms with Crippen molar-refractivity contribution in [2.75, 3.05) is 18.0 Å². The number of amides is 1. The van der Waals surface area contributed by atoms with Crippen LogP contribution in [0.2, 0.25) is 0 Å². The third-order valence-corrected chi connectivity index (χ3v) is 5.98. The molecule has 1 N–H and O–H groups in total. The maximum absolute atomic E-state index is 12.2. The van der Waals surface area contributed by atoms with Crippen LogP contribution >= 0.6 is 27.3 Å². The summed E-state index contributed by atoms with van der Waals surface area (Å²) in [5, 5.41) is 8.15. The Morgan fingerprint density at radius 3 is 2.84 bits per heavy atom. The first-order chi connectivity index (χ1) is 12.2. The molecule has 1 fully saturated rings. The van der Waals surface area contributed by atoms with E-state index in [4.69, 9.17) is 0 Å². The van der Waals surface area contributed by atoms with Crippen molar-refractivity contribution in [2.24, 2.45) is 0 Å². The highest BCUT2D eigenvalue weighted by atomic mass is 79.9. The molecule has 25 heavy (non-hydrogen) atoms. The van der Waals surface area contributed by atoms with Crippen molar-refractivity contribution in [3.63, 3.8) is 0 Å². The number of anilines is 1. The SMILES string of the molecule is O=C(NC1CCN(c2ccnc3c(Br)cccc23)CC1)c1ccsc1. The van der Waals surface area contributed by atoms with Crippen molar-refractivity contribution in [1.82, 2.24) is 10.3 Å². The largest absolute Gasteiger partial charge is 0.371 e. The van der Waals surface area contributed by atoms with E-state index in [1.54, 1.807) is 11.3 Å². The number of thiophene rings is 1. The fourth-order valence-corrected chi connectivity index (χ4v) is 4.43. The molecule has 0 unspecified atom stereocenters. The maximum atomic E-state index is 12.2. The van der Waals surface area contributed by atoms with Gasteiger partial charge in [0.2, 0.25) is 0 Å². The highest BCUT2D eigenvalue weighted by molar-refractivity contribution is 9.10. The third kappa shape index (κ3) is 3.41. The number of fused-ring (bicyclic) bond motifs is 1. The molecule has 4 rings (SSSR count). The Kier molecular flexibility index (Phi) is 4.72. The molecule has 1 aliphatic heterocycles. The van der Waals surface area contributed by atoms with Crippen LogP contribution in [0, 0.1) is 0 Å². The Labute approximate surface area is 159 Å². The molecule has 1 amide bonds. The number of benzene rings is 1. The fourth-order valence-electron chi connectivity index (χ4n) is 3.33. The van der Waals surface area contributed by atoms with E-state index in [1.807, 2.05) is 35.2 Å². The van der Waals surface area contributed by atoms with Gasteiger partial charge in [0.15, 0.2) is 0 Å². The molecule has 1 saturated heterocycles. The summed E-state index contributed by atoms with van der Waals surface area (Å²) in [6.07, 6.45) is 3.77. The second-order valence-electron chi connectivity index (χ2n) is 6.21. The Morgan fingerprint density at radius 1 is 1.24 bits per heavy atom. The van der Waals surface area contributed by atoms with Crippen molar-refractivity contribution >= 4 is 49.8 Å². The average molecular weight is 416 g/mol. The van der Waals surface area contributed by atoms with Gasteiger partial charge in [0, 0.05) is 51.8 Å². The van der Waals surface area contributed by atoms with Crippen LogP contribution < -0.4 is 10.2 Å². The molecule has 1 aromatic carbocycles. The maximum Gasteiger partial charge on any atom is 0.252 e. The second-order valence-corrected chi connectivity index (χ2v) is 7.85. The lowest BCUT2D eigenvalue weighted by atomic mass is 10.0. The minimum atomic E-state index is 0.0398. The zero-order valence-electron chi connectivity index (χ0n) is 13.6. The Hall–Kier alpha value is -1.92.